The Kier molecular flexibility index (Phi) is 8.87. The van der Waals surface area contributed by atoms with E-state index in [1.54, 1.807) is 24.3 Å². The van der Waals surface area contributed by atoms with Crippen molar-refractivity contribution in [3.05, 3.63) is 44.5 Å². The highest BCUT2D eigenvalue weighted by Crippen LogP contribution is 2.35. The Balaban J connectivity index is 1.82. The van der Waals surface area contributed by atoms with Gasteiger partial charge in [0.25, 0.3) is 0 Å². The molecule has 0 aromatic carbocycles. The smallest absolute Gasteiger partial charge is 0.348 e. The molecule has 0 bridgehead atoms. The Bertz CT molecular complexity index is 1270. The van der Waals surface area contributed by atoms with Crippen molar-refractivity contribution in [3.8, 4) is 11.4 Å². The minimum absolute atomic E-state index is 0.0176. The van der Waals surface area contributed by atoms with Gasteiger partial charge >= 0.3 is 11.9 Å². The highest BCUT2D eigenvalue weighted by molar-refractivity contribution is 7.99. The zero-order valence-electron chi connectivity index (χ0n) is 20.1. The average Bonchev–Trinajstić information content (AvgIpc) is 3.51. The van der Waals surface area contributed by atoms with Crippen LogP contribution in [0, 0.1) is 13.8 Å². The summed E-state index contributed by atoms with van der Waals surface area (Å²) in [5.41, 5.74) is 2.79. The predicted octanol–water partition coefficient (Wildman–Crippen LogP) is 4.74. The summed E-state index contributed by atoms with van der Waals surface area (Å²) in [6.45, 7) is 10.1. The molecule has 0 spiro atoms. The van der Waals surface area contributed by atoms with Crippen LogP contribution in [0.25, 0.3) is 11.4 Å². The molecular formula is C23H26N4O5S3. The van der Waals surface area contributed by atoms with Crippen LogP contribution in [0.15, 0.2) is 23.2 Å². The monoisotopic (exact) mass is 534 g/mol. The van der Waals surface area contributed by atoms with Gasteiger partial charge in [-0.3, -0.25) is 9.36 Å². The molecule has 3 heterocycles. The zero-order chi connectivity index (χ0) is 25.7. The van der Waals surface area contributed by atoms with Crippen LogP contribution in [0.2, 0.25) is 0 Å². The SMILES string of the molecule is C=CCn1c(SCC(=O)Nc2sc(C(=O)OC)c(C)c2C(=O)OC)nnc1-c1csc(C)c1CC. The molecule has 9 nitrogen and oxygen atoms in total. The molecular weight excluding hydrogens is 508 g/mol. The van der Waals surface area contributed by atoms with Crippen molar-refractivity contribution in [2.45, 2.75) is 38.9 Å². The third kappa shape index (κ3) is 5.49. The van der Waals surface area contributed by atoms with Crippen molar-refractivity contribution in [2.24, 2.45) is 0 Å². The number of amides is 1. The third-order valence-electron chi connectivity index (χ3n) is 5.22. The van der Waals surface area contributed by atoms with Gasteiger partial charge < -0.3 is 14.8 Å². The van der Waals surface area contributed by atoms with Crippen LogP contribution in [-0.4, -0.2) is 52.6 Å². The van der Waals surface area contributed by atoms with Crippen molar-refractivity contribution in [1.29, 1.82) is 0 Å². The Labute approximate surface area is 215 Å². The number of hydrogen-bond acceptors (Lipinski definition) is 10. The lowest BCUT2D eigenvalue weighted by atomic mass is 10.1. The molecule has 0 aliphatic carbocycles. The van der Waals surface area contributed by atoms with Crippen LogP contribution in [0.4, 0.5) is 5.00 Å². The number of carbonyl (C=O) groups excluding carboxylic acids is 3. The first-order valence-corrected chi connectivity index (χ1v) is 13.3. The van der Waals surface area contributed by atoms with Crippen molar-refractivity contribution in [2.75, 3.05) is 25.3 Å². The number of nitrogens with one attached hydrogen (secondary N) is 1. The van der Waals surface area contributed by atoms with Crippen molar-refractivity contribution < 1.29 is 23.9 Å². The molecule has 12 heteroatoms. The molecule has 0 saturated carbocycles. The molecule has 186 valence electrons. The fourth-order valence-electron chi connectivity index (χ4n) is 3.52. The second-order valence-electron chi connectivity index (χ2n) is 7.32. The standard InChI is InChI=1S/C23H26N4O5S3/c1-7-9-27-19(15-10-33-13(4)14(15)8-2)25-26-23(27)34-11-16(28)24-20-17(21(29)31-5)12(3)18(35-20)22(30)32-6/h7,10H,1,8-9,11H2,2-6H3,(H,24,28). The van der Waals surface area contributed by atoms with Crippen molar-refractivity contribution >= 4 is 57.3 Å². The first-order chi connectivity index (χ1) is 16.8. The van der Waals surface area contributed by atoms with Gasteiger partial charge in [-0.2, -0.15) is 0 Å². The van der Waals surface area contributed by atoms with Gasteiger partial charge in [-0.25, -0.2) is 9.59 Å². The summed E-state index contributed by atoms with van der Waals surface area (Å²) in [7, 11) is 2.49. The summed E-state index contributed by atoms with van der Waals surface area (Å²) in [5.74, 6) is -0.853. The molecule has 1 N–H and O–H groups in total. The summed E-state index contributed by atoms with van der Waals surface area (Å²) in [4.78, 5) is 38.6. The zero-order valence-corrected chi connectivity index (χ0v) is 22.5. The maximum atomic E-state index is 12.8. The van der Waals surface area contributed by atoms with E-state index < -0.39 is 11.9 Å². The van der Waals surface area contributed by atoms with E-state index in [2.05, 4.69) is 41.3 Å². The summed E-state index contributed by atoms with van der Waals surface area (Å²) in [6.07, 6.45) is 2.64. The second kappa shape index (κ2) is 11.6. The van der Waals surface area contributed by atoms with Gasteiger partial charge in [0.05, 0.1) is 25.5 Å². The number of hydrogen-bond donors (Lipinski definition) is 1. The molecule has 0 atom stereocenters. The van der Waals surface area contributed by atoms with Gasteiger partial charge in [0.1, 0.15) is 9.88 Å². The highest BCUT2D eigenvalue weighted by atomic mass is 32.2. The lowest BCUT2D eigenvalue weighted by Crippen LogP contribution is -2.16. The van der Waals surface area contributed by atoms with E-state index in [0.29, 0.717) is 17.3 Å². The van der Waals surface area contributed by atoms with Crippen LogP contribution < -0.4 is 5.32 Å². The minimum Gasteiger partial charge on any atom is -0.465 e. The molecule has 3 aromatic heterocycles. The fraction of sp³-hybridized carbons (Fsp3) is 0.348. The summed E-state index contributed by atoms with van der Waals surface area (Å²) in [6, 6.07) is 0. The van der Waals surface area contributed by atoms with E-state index in [4.69, 9.17) is 9.47 Å². The maximum Gasteiger partial charge on any atom is 0.348 e. The molecule has 0 unspecified atom stereocenters. The summed E-state index contributed by atoms with van der Waals surface area (Å²) >= 11 is 3.86. The molecule has 0 fully saturated rings. The number of thiophene rings is 2. The van der Waals surface area contributed by atoms with Gasteiger partial charge in [-0.15, -0.1) is 39.4 Å². The summed E-state index contributed by atoms with van der Waals surface area (Å²) in [5, 5.41) is 14.3. The van der Waals surface area contributed by atoms with Crippen LogP contribution >= 0.6 is 34.4 Å². The molecule has 0 aliphatic heterocycles. The lowest BCUT2D eigenvalue weighted by molar-refractivity contribution is -0.113. The lowest BCUT2D eigenvalue weighted by Gasteiger charge is -2.09. The third-order valence-corrected chi connectivity index (χ3v) is 8.33. The molecule has 0 saturated heterocycles. The molecule has 0 radical (unpaired) electrons. The quantitative estimate of drug-likeness (QED) is 0.226. The topological polar surface area (TPSA) is 112 Å². The van der Waals surface area contributed by atoms with Crippen LogP contribution in [0.5, 0.6) is 0 Å². The van der Waals surface area contributed by atoms with Gasteiger partial charge in [-0.1, -0.05) is 24.8 Å². The van der Waals surface area contributed by atoms with Crippen molar-refractivity contribution in [1.82, 2.24) is 14.8 Å². The number of allylic oxidation sites excluding steroid dienone is 1. The first kappa shape index (κ1) is 26.6. The van der Waals surface area contributed by atoms with E-state index in [1.807, 2.05) is 4.57 Å². The Hall–Kier alpha value is -2.96. The van der Waals surface area contributed by atoms with E-state index in [1.165, 1.54) is 36.4 Å². The second-order valence-corrected chi connectivity index (χ2v) is 10.4. The molecule has 3 rings (SSSR count). The number of carbonyl (C=O) groups is 3. The largest absolute Gasteiger partial charge is 0.465 e. The number of methoxy groups -OCH3 is 2. The van der Waals surface area contributed by atoms with E-state index in [-0.39, 0.29) is 27.1 Å². The number of esters is 2. The average molecular weight is 535 g/mol. The van der Waals surface area contributed by atoms with Gasteiger partial charge in [-0.05, 0) is 31.4 Å². The molecule has 35 heavy (non-hydrogen) atoms. The minimum atomic E-state index is -0.648. The van der Waals surface area contributed by atoms with E-state index in [0.717, 1.165) is 29.1 Å². The van der Waals surface area contributed by atoms with Gasteiger partial charge in [0.15, 0.2) is 11.0 Å². The first-order valence-electron chi connectivity index (χ1n) is 10.6. The number of nitrogens with zero attached hydrogens (tertiary/aromatic N) is 3. The summed E-state index contributed by atoms with van der Waals surface area (Å²) < 4.78 is 11.5. The highest BCUT2D eigenvalue weighted by Gasteiger charge is 2.27. The van der Waals surface area contributed by atoms with Gasteiger partial charge in [0, 0.05) is 22.4 Å². The van der Waals surface area contributed by atoms with Gasteiger partial charge in [0.2, 0.25) is 5.91 Å². The number of anilines is 1. The molecule has 3 aromatic rings. The molecule has 0 aliphatic rings. The fourth-order valence-corrected chi connectivity index (χ4v) is 6.34. The Morgan fingerprint density at radius 1 is 1.20 bits per heavy atom. The van der Waals surface area contributed by atoms with Crippen molar-refractivity contribution in [3.63, 3.8) is 0 Å². The number of aryl methyl sites for hydroxylation is 1. The molecule has 1 amide bonds. The van der Waals surface area contributed by atoms with E-state index in [9.17, 15) is 14.4 Å². The van der Waals surface area contributed by atoms with Crippen LogP contribution in [0.1, 0.15) is 43.0 Å². The Morgan fingerprint density at radius 2 is 1.91 bits per heavy atom. The number of rotatable bonds is 10. The van der Waals surface area contributed by atoms with Crippen LogP contribution in [-0.2, 0) is 27.2 Å². The maximum absolute atomic E-state index is 12.8. The normalized spacial score (nSPS) is 10.8. The Morgan fingerprint density at radius 3 is 2.54 bits per heavy atom. The predicted molar refractivity (Wildman–Crippen MR) is 139 cm³/mol. The van der Waals surface area contributed by atoms with E-state index >= 15 is 0 Å². The number of aromatic nitrogens is 3. The van der Waals surface area contributed by atoms with Crippen LogP contribution in [0.3, 0.4) is 0 Å². The number of ether oxygens (including phenoxy) is 2. The number of thioether (sulfide) groups is 1.